The van der Waals surface area contributed by atoms with Crippen molar-refractivity contribution < 1.29 is 4.79 Å². The van der Waals surface area contributed by atoms with Gasteiger partial charge in [-0.2, -0.15) is 0 Å². The fourth-order valence-electron chi connectivity index (χ4n) is 2.16. The van der Waals surface area contributed by atoms with Crippen molar-refractivity contribution in [1.82, 2.24) is 5.32 Å². The van der Waals surface area contributed by atoms with E-state index in [0.29, 0.717) is 12.6 Å². The van der Waals surface area contributed by atoms with E-state index in [2.05, 4.69) is 24.5 Å². The molecule has 1 aromatic carbocycles. The molecule has 0 amide bonds. The number of ketones is 1. The topological polar surface area (TPSA) is 41.1 Å². The molecule has 3 heteroatoms. The van der Waals surface area contributed by atoms with Gasteiger partial charge in [0.1, 0.15) is 0 Å². The Morgan fingerprint density at radius 1 is 1.50 bits per heavy atom. The molecule has 1 heterocycles. The lowest BCUT2D eigenvalue weighted by Gasteiger charge is -2.18. The molecule has 0 saturated heterocycles. The van der Waals surface area contributed by atoms with Crippen LogP contribution >= 0.6 is 0 Å². The van der Waals surface area contributed by atoms with Crippen LogP contribution in [0, 0.1) is 0 Å². The summed E-state index contributed by atoms with van der Waals surface area (Å²) in [4.78, 5) is 12.1. The van der Waals surface area contributed by atoms with Crippen LogP contribution in [0.25, 0.3) is 0 Å². The Balaban J connectivity index is 2.02. The van der Waals surface area contributed by atoms with Gasteiger partial charge >= 0.3 is 0 Å². The molecule has 3 nitrogen and oxygen atoms in total. The first-order chi connectivity index (χ1) is 8.70. The van der Waals surface area contributed by atoms with Crippen LogP contribution in [0.15, 0.2) is 18.2 Å². The van der Waals surface area contributed by atoms with E-state index in [1.807, 2.05) is 18.2 Å². The number of benzene rings is 1. The number of carbonyl (C=O) groups is 1. The van der Waals surface area contributed by atoms with Gasteiger partial charge in [0.25, 0.3) is 0 Å². The van der Waals surface area contributed by atoms with Crippen LogP contribution in [0.1, 0.15) is 42.6 Å². The van der Waals surface area contributed by atoms with Gasteiger partial charge in [0.15, 0.2) is 5.78 Å². The predicted octanol–water partition coefficient (Wildman–Crippen LogP) is 2.62. The van der Waals surface area contributed by atoms with Crippen LogP contribution in [0.2, 0.25) is 0 Å². The van der Waals surface area contributed by atoms with Crippen LogP contribution in [0.4, 0.5) is 5.69 Å². The summed E-state index contributed by atoms with van der Waals surface area (Å²) < 4.78 is 0. The van der Waals surface area contributed by atoms with E-state index in [1.54, 1.807) is 0 Å². The Morgan fingerprint density at radius 3 is 3.11 bits per heavy atom. The van der Waals surface area contributed by atoms with Gasteiger partial charge in [-0.25, -0.2) is 0 Å². The number of fused-ring (bicyclic) bond motifs is 1. The first-order valence-electron chi connectivity index (χ1n) is 6.84. The van der Waals surface area contributed by atoms with Crippen molar-refractivity contribution in [2.24, 2.45) is 0 Å². The van der Waals surface area contributed by atoms with Crippen molar-refractivity contribution in [2.45, 2.75) is 39.2 Å². The normalized spacial score (nSPS) is 15.7. The Hall–Kier alpha value is -1.35. The molecule has 0 spiro atoms. The number of aryl methyl sites for hydroxylation is 1. The maximum Gasteiger partial charge on any atom is 0.176 e. The third-order valence-corrected chi connectivity index (χ3v) is 3.59. The highest BCUT2D eigenvalue weighted by atomic mass is 16.1. The van der Waals surface area contributed by atoms with E-state index in [1.165, 1.54) is 11.3 Å². The predicted molar refractivity (Wildman–Crippen MR) is 75.3 cm³/mol. The summed E-state index contributed by atoms with van der Waals surface area (Å²) in [6, 6.07) is 6.40. The first kappa shape index (κ1) is 13.1. The molecule has 98 valence electrons. The molecular weight excluding hydrogens is 224 g/mol. The van der Waals surface area contributed by atoms with Crippen LogP contribution in [-0.4, -0.2) is 24.9 Å². The van der Waals surface area contributed by atoms with E-state index in [9.17, 15) is 4.79 Å². The monoisotopic (exact) mass is 246 g/mol. The van der Waals surface area contributed by atoms with E-state index in [-0.39, 0.29) is 5.78 Å². The van der Waals surface area contributed by atoms with Crippen molar-refractivity contribution in [3.8, 4) is 0 Å². The highest BCUT2D eigenvalue weighted by Gasteiger charge is 2.12. The van der Waals surface area contributed by atoms with Crippen molar-refractivity contribution in [2.75, 3.05) is 18.4 Å². The molecule has 1 atom stereocenters. The minimum absolute atomic E-state index is 0.184. The summed E-state index contributed by atoms with van der Waals surface area (Å²) in [6.07, 6.45) is 3.26. The van der Waals surface area contributed by atoms with Gasteiger partial charge in [0.2, 0.25) is 0 Å². The molecule has 0 fully saturated rings. The Morgan fingerprint density at radius 2 is 2.33 bits per heavy atom. The summed E-state index contributed by atoms with van der Waals surface area (Å²) in [5.74, 6) is 0.184. The van der Waals surface area contributed by atoms with Crippen LogP contribution in [-0.2, 0) is 6.42 Å². The second kappa shape index (κ2) is 6.01. The zero-order valence-electron chi connectivity index (χ0n) is 11.3. The van der Waals surface area contributed by atoms with Gasteiger partial charge in [-0.05, 0) is 49.9 Å². The molecule has 1 aliphatic rings. The summed E-state index contributed by atoms with van der Waals surface area (Å²) in [5, 5.41) is 6.61. The van der Waals surface area contributed by atoms with Crippen molar-refractivity contribution in [3.05, 3.63) is 29.3 Å². The minimum Gasteiger partial charge on any atom is -0.385 e. The van der Waals surface area contributed by atoms with E-state index in [0.717, 1.165) is 31.4 Å². The highest BCUT2D eigenvalue weighted by molar-refractivity contribution is 5.98. The molecule has 2 N–H and O–H groups in total. The maximum atomic E-state index is 12.1. The standard InChI is InChI=1S/C15H22N2O/c1-3-11(2)17-10-15(18)13-6-7-14-12(9-13)5-4-8-16-14/h6-7,9,11,16-17H,3-5,8,10H2,1-2H3. The van der Waals surface area contributed by atoms with Crippen LogP contribution in [0.5, 0.6) is 0 Å². The van der Waals surface area contributed by atoms with Crippen LogP contribution < -0.4 is 10.6 Å². The fraction of sp³-hybridized carbons (Fsp3) is 0.533. The number of hydrogen-bond acceptors (Lipinski definition) is 3. The SMILES string of the molecule is CCC(C)NCC(=O)c1ccc2c(c1)CCCN2. The van der Waals surface area contributed by atoms with Gasteiger partial charge in [0.05, 0.1) is 6.54 Å². The summed E-state index contributed by atoms with van der Waals surface area (Å²) in [7, 11) is 0. The molecule has 1 aromatic rings. The van der Waals surface area contributed by atoms with Crippen molar-refractivity contribution in [1.29, 1.82) is 0 Å². The average Bonchev–Trinajstić information content (AvgIpc) is 2.43. The zero-order chi connectivity index (χ0) is 13.0. The van der Waals surface area contributed by atoms with Crippen LogP contribution in [0.3, 0.4) is 0 Å². The molecular formula is C15H22N2O. The lowest BCUT2D eigenvalue weighted by atomic mass is 9.99. The number of rotatable bonds is 5. The Kier molecular flexibility index (Phi) is 4.37. The number of anilines is 1. The molecule has 0 aromatic heterocycles. The molecule has 0 radical (unpaired) electrons. The summed E-state index contributed by atoms with van der Waals surface area (Å²) >= 11 is 0. The largest absolute Gasteiger partial charge is 0.385 e. The van der Waals surface area contributed by atoms with Gasteiger partial charge in [0, 0.05) is 23.8 Å². The third-order valence-electron chi connectivity index (χ3n) is 3.59. The smallest absolute Gasteiger partial charge is 0.176 e. The average molecular weight is 246 g/mol. The number of nitrogens with one attached hydrogen (secondary N) is 2. The molecule has 0 bridgehead atoms. The van der Waals surface area contributed by atoms with E-state index < -0.39 is 0 Å². The quantitative estimate of drug-likeness (QED) is 0.785. The van der Waals surface area contributed by atoms with Gasteiger partial charge in [-0.15, -0.1) is 0 Å². The molecule has 1 aliphatic heterocycles. The minimum atomic E-state index is 0.184. The molecule has 1 unspecified atom stereocenters. The Bertz CT molecular complexity index is 429. The van der Waals surface area contributed by atoms with Gasteiger partial charge in [-0.1, -0.05) is 6.92 Å². The second-order valence-electron chi connectivity index (χ2n) is 5.02. The van der Waals surface area contributed by atoms with Gasteiger partial charge in [-0.3, -0.25) is 4.79 Å². The zero-order valence-corrected chi connectivity index (χ0v) is 11.3. The number of carbonyl (C=O) groups excluding carboxylic acids is 1. The molecule has 0 aliphatic carbocycles. The summed E-state index contributed by atoms with van der Waals surface area (Å²) in [6.45, 7) is 5.69. The van der Waals surface area contributed by atoms with Crippen molar-refractivity contribution >= 4 is 11.5 Å². The van der Waals surface area contributed by atoms with Gasteiger partial charge < -0.3 is 10.6 Å². The van der Waals surface area contributed by atoms with Crippen molar-refractivity contribution in [3.63, 3.8) is 0 Å². The molecule has 2 rings (SSSR count). The Labute approximate surface area is 109 Å². The molecule has 18 heavy (non-hydrogen) atoms. The third kappa shape index (κ3) is 3.10. The summed E-state index contributed by atoms with van der Waals surface area (Å²) in [5.41, 5.74) is 3.29. The lowest BCUT2D eigenvalue weighted by molar-refractivity contribution is 0.0987. The lowest BCUT2D eigenvalue weighted by Crippen LogP contribution is -2.31. The number of Topliss-reactive ketones (excluding diaryl/α,β-unsaturated/α-hetero) is 1. The van der Waals surface area contributed by atoms with E-state index >= 15 is 0 Å². The number of hydrogen-bond donors (Lipinski definition) is 2. The van der Waals surface area contributed by atoms with E-state index in [4.69, 9.17) is 0 Å². The first-order valence-corrected chi connectivity index (χ1v) is 6.84. The maximum absolute atomic E-state index is 12.1. The highest BCUT2D eigenvalue weighted by Crippen LogP contribution is 2.22. The second-order valence-corrected chi connectivity index (χ2v) is 5.02. The fourth-order valence-corrected chi connectivity index (χ4v) is 2.16. The molecule has 0 saturated carbocycles.